The van der Waals surface area contributed by atoms with Crippen LogP contribution in [0.25, 0.3) is 0 Å². The van der Waals surface area contributed by atoms with Crippen LogP contribution in [0.4, 0.5) is 0 Å². The Morgan fingerprint density at radius 2 is 0.750 bits per heavy atom. The Bertz CT molecular complexity index is 181. The van der Waals surface area contributed by atoms with Gasteiger partial charge in [-0.3, -0.25) is 0 Å². The van der Waals surface area contributed by atoms with Crippen molar-refractivity contribution < 1.29 is 0 Å². The second kappa shape index (κ2) is 8.78. The second-order valence-electron chi connectivity index (χ2n) is 1.80. The Balaban J connectivity index is 2.25. The molecule has 64 valence electrons. The van der Waals surface area contributed by atoms with Crippen molar-refractivity contribution in [1.82, 2.24) is 0 Å². The summed E-state index contributed by atoms with van der Waals surface area (Å²) in [6.07, 6.45) is 0. The fourth-order valence-corrected chi connectivity index (χ4v) is 8.74. The van der Waals surface area contributed by atoms with Crippen molar-refractivity contribution in [2.45, 2.75) is 21.3 Å². The van der Waals surface area contributed by atoms with Gasteiger partial charge in [-0.1, -0.05) is 0 Å². The van der Waals surface area contributed by atoms with Crippen LogP contribution in [-0.2, 0) is 0 Å². The van der Waals surface area contributed by atoms with Gasteiger partial charge in [-0.15, -0.1) is 0 Å². The summed E-state index contributed by atoms with van der Waals surface area (Å²) in [5.74, 6) is 0. The molecule has 1 aliphatic rings. The van der Waals surface area contributed by atoms with E-state index >= 15 is 0 Å². The van der Waals surface area contributed by atoms with Crippen LogP contribution in [0.5, 0.6) is 0 Å². The van der Waals surface area contributed by atoms with E-state index < -0.39 is 0 Å². The van der Waals surface area contributed by atoms with Crippen LogP contribution in [0.2, 0.25) is 21.3 Å². The first-order chi connectivity index (χ1) is 6.00. The zero-order valence-electron chi connectivity index (χ0n) is 6.46. The van der Waals surface area contributed by atoms with E-state index in [1.54, 1.807) is 0 Å². The molecular weight excluding hydrogens is 412 g/mol. The average molecular weight is 420 g/mol. The van der Waals surface area contributed by atoms with Gasteiger partial charge in [0, 0.05) is 0 Å². The summed E-state index contributed by atoms with van der Waals surface area (Å²) in [6.45, 7) is 0. The third-order valence-electron chi connectivity index (χ3n) is 0.947. The predicted molar refractivity (Wildman–Crippen MR) is 57.8 cm³/mol. The van der Waals surface area contributed by atoms with Crippen molar-refractivity contribution in [1.29, 1.82) is 0 Å². The van der Waals surface area contributed by atoms with Gasteiger partial charge in [0.05, 0.1) is 0 Å². The predicted octanol–water partition coefficient (Wildman–Crippen LogP) is 0.327. The van der Waals surface area contributed by atoms with Crippen molar-refractivity contribution in [2.24, 2.45) is 0 Å². The van der Waals surface area contributed by atoms with Gasteiger partial charge in [0.25, 0.3) is 0 Å². The summed E-state index contributed by atoms with van der Waals surface area (Å²) in [5.41, 5.74) is 0. The third kappa shape index (κ3) is 6.69. The van der Waals surface area contributed by atoms with E-state index in [0.717, 1.165) is 0 Å². The first-order valence-corrected chi connectivity index (χ1v) is 11.7. The van der Waals surface area contributed by atoms with Crippen molar-refractivity contribution >= 4 is 59.8 Å². The van der Waals surface area contributed by atoms with Gasteiger partial charge in [-0.05, 0) is 0 Å². The standard InChI is InChI=1S/C8H8Se4/c1-2-10-5-6-12-8-7-11-4-3-9-1/h1-2,7-8H2. The second-order valence-corrected chi connectivity index (χ2v) is 9.36. The molecule has 0 amide bonds. The van der Waals surface area contributed by atoms with Crippen molar-refractivity contribution in [3.63, 3.8) is 0 Å². The molecule has 0 spiro atoms. The van der Waals surface area contributed by atoms with Crippen LogP contribution < -0.4 is 0 Å². The molecule has 0 atom stereocenters. The van der Waals surface area contributed by atoms with Gasteiger partial charge in [0.1, 0.15) is 0 Å². The zero-order chi connectivity index (χ0) is 8.49. The van der Waals surface area contributed by atoms with E-state index in [4.69, 9.17) is 0 Å². The molecule has 0 aromatic carbocycles. The van der Waals surface area contributed by atoms with E-state index in [-0.39, 0.29) is 0 Å². The van der Waals surface area contributed by atoms with E-state index in [0.29, 0.717) is 59.8 Å². The number of hydrogen-bond donors (Lipinski definition) is 0. The summed E-state index contributed by atoms with van der Waals surface area (Å²) < 4.78 is 0. The van der Waals surface area contributed by atoms with Gasteiger partial charge in [0.15, 0.2) is 0 Å². The van der Waals surface area contributed by atoms with Crippen LogP contribution in [0, 0.1) is 19.3 Å². The fourth-order valence-electron chi connectivity index (χ4n) is 0.489. The third-order valence-corrected chi connectivity index (χ3v) is 10.4. The van der Waals surface area contributed by atoms with E-state index in [9.17, 15) is 0 Å². The molecule has 0 aromatic rings. The van der Waals surface area contributed by atoms with E-state index in [2.05, 4.69) is 19.3 Å². The van der Waals surface area contributed by atoms with Gasteiger partial charge in [-0.25, -0.2) is 0 Å². The maximum atomic E-state index is 3.31. The molecule has 1 heterocycles. The fraction of sp³-hybridized carbons (Fsp3) is 0.500. The Kier molecular flexibility index (Phi) is 8.25. The molecule has 0 saturated heterocycles. The molecule has 12 heavy (non-hydrogen) atoms. The molecule has 0 radical (unpaired) electrons. The molecule has 0 aromatic heterocycles. The molecule has 1 rings (SSSR count). The molecule has 1 aliphatic heterocycles. The molecule has 0 N–H and O–H groups in total. The summed E-state index contributed by atoms with van der Waals surface area (Å²) in [7, 11) is 0. The topological polar surface area (TPSA) is 0 Å². The van der Waals surface area contributed by atoms with Crippen molar-refractivity contribution in [3.8, 4) is 19.3 Å². The van der Waals surface area contributed by atoms with E-state index in [1.807, 2.05) is 0 Å². The molecule has 4 heteroatoms. The Morgan fingerprint density at radius 3 is 1.00 bits per heavy atom. The molecular formula is C8H8Se4. The molecule has 0 aliphatic carbocycles. The Hall–Kier alpha value is 1.20. The summed E-state index contributed by atoms with van der Waals surface area (Å²) in [4.78, 5) is 13.2. The normalized spacial score (nSPS) is 18.7. The van der Waals surface area contributed by atoms with Gasteiger partial charge >= 0.3 is 100 Å². The minimum atomic E-state index is 0.607. The maximum absolute atomic E-state index is 3.31. The minimum absolute atomic E-state index is 0.607. The molecule has 0 unspecified atom stereocenters. The van der Waals surface area contributed by atoms with E-state index in [1.165, 1.54) is 21.3 Å². The van der Waals surface area contributed by atoms with Gasteiger partial charge in [0.2, 0.25) is 0 Å². The Labute approximate surface area is 99.4 Å². The molecule has 0 bridgehead atoms. The summed E-state index contributed by atoms with van der Waals surface area (Å²) in [6, 6.07) is 0. The first-order valence-electron chi connectivity index (χ1n) is 3.47. The molecule has 0 saturated carbocycles. The monoisotopic (exact) mass is 424 g/mol. The van der Waals surface area contributed by atoms with Crippen LogP contribution in [0.3, 0.4) is 0 Å². The van der Waals surface area contributed by atoms with Gasteiger partial charge < -0.3 is 0 Å². The quantitative estimate of drug-likeness (QED) is 0.392. The van der Waals surface area contributed by atoms with Crippen molar-refractivity contribution in [2.75, 3.05) is 0 Å². The van der Waals surface area contributed by atoms with Gasteiger partial charge in [-0.2, -0.15) is 0 Å². The SMILES string of the molecule is C1#C[Se]CC[Se]C#C[Se]CC[Se]1. The number of hydrogen-bond acceptors (Lipinski definition) is 0. The molecule has 0 nitrogen and oxygen atoms in total. The average Bonchev–Trinajstić information content (AvgIpc) is 2.05. The Morgan fingerprint density at radius 1 is 0.500 bits per heavy atom. The summed E-state index contributed by atoms with van der Waals surface area (Å²) >= 11 is 2.43. The van der Waals surface area contributed by atoms with Crippen molar-refractivity contribution in [3.05, 3.63) is 0 Å². The summed E-state index contributed by atoms with van der Waals surface area (Å²) in [5, 5.41) is 5.32. The van der Waals surface area contributed by atoms with Crippen LogP contribution in [0.1, 0.15) is 0 Å². The van der Waals surface area contributed by atoms with Crippen LogP contribution in [-0.4, -0.2) is 59.8 Å². The molecule has 0 fully saturated rings. The zero-order valence-corrected chi connectivity index (χ0v) is 13.3. The van der Waals surface area contributed by atoms with Crippen LogP contribution >= 0.6 is 0 Å². The first kappa shape index (κ1) is 11.3. The number of rotatable bonds is 0. The van der Waals surface area contributed by atoms with Crippen LogP contribution in [0.15, 0.2) is 0 Å².